The number of oxazole rings is 1. The van der Waals surface area contributed by atoms with Crippen molar-refractivity contribution in [2.75, 3.05) is 4.72 Å². The van der Waals surface area contributed by atoms with E-state index in [9.17, 15) is 13.2 Å². The second-order valence-electron chi connectivity index (χ2n) is 6.19. The first kappa shape index (κ1) is 17.9. The molecule has 0 atom stereocenters. The largest absolute Gasteiger partial charge is 0.455 e. The van der Waals surface area contributed by atoms with E-state index in [-0.39, 0.29) is 10.5 Å². The third-order valence-electron chi connectivity index (χ3n) is 4.08. The summed E-state index contributed by atoms with van der Waals surface area (Å²) in [6.45, 7) is 1.97. The van der Waals surface area contributed by atoms with E-state index >= 15 is 0 Å². The monoisotopic (exact) mass is 396 g/mol. The number of fused-ring (bicyclic) bond motifs is 1. The second-order valence-corrected chi connectivity index (χ2v) is 7.87. The van der Waals surface area contributed by atoms with Crippen molar-refractivity contribution in [3.63, 3.8) is 0 Å². The van der Waals surface area contributed by atoms with Crippen LogP contribution in [-0.4, -0.2) is 13.4 Å². The van der Waals surface area contributed by atoms with Crippen LogP contribution >= 0.6 is 0 Å². The number of hydrogen-bond acceptors (Lipinski definition) is 5. The molecule has 0 amide bonds. The van der Waals surface area contributed by atoms with Gasteiger partial charge in [0.05, 0.1) is 16.1 Å². The summed E-state index contributed by atoms with van der Waals surface area (Å²) in [7, 11) is -3.92. The Balaban J connectivity index is 1.65. The molecule has 142 valence electrons. The van der Waals surface area contributed by atoms with Crippen molar-refractivity contribution >= 4 is 26.8 Å². The Morgan fingerprint density at radius 2 is 1.75 bits per heavy atom. The highest BCUT2D eigenvalue weighted by Gasteiger charge is 2.18. The first-order valence-electron chi connectivity index (χ1n) is 8.40. The summed E-state index contributed by atoms with van der Waals surface area (Å²) in [6, 6.07) is 18.3. The van der Waals surface area contributed by atoms with Gasteiger partial charge in [0, 0.05) is 6.07 Å². The van der Waals surface area contributed by atoms with E-state index in [4.69, 9.17) is 9.15 Å². The van der Waals surface area contributed by atoms with Crippen LogP contribution in [0.4, 0.5) is 5.69 Å². The van der Waals surface area contributed by atoms with Crippen LogP contribution in [0.1, 0.15) is 5.56 Å². The lowest BCUT2D eigenvalue weighted by Crippen LogP contribution is -2.13. The first-order valence-corrected chi connectivity index (χ1v) is 9.88. The summed E-state index contributed by atoms with van der Waals surface area (Å²) in [5.74, 6) is 0.311. The third kappa shape index (κ3) is 3.63. The normalized spacial score (nSPS) is 11.5. The number of para-hydroxylation sites is 2. The van der Waals surface area contributed by atoms with E-state index in [2.05, 4.69) is 9.71 Å². The highest BCUT2D eigenvalue weighted by Crippen LogP contribution is 2.31. The van der Waals surface area contributed by atoms with Gasteiger partial charge < -0.3 is 9.15 Å². The van der Waals surface area contributed by atoms with E-state index in [1.165, 1.54) is 18.2 Å². The van der Waals surface area contributed by atoms with Gasteiger partial charge in [0.1, 0.15) is 5.75 Å². The Labute approximate surface area is 160 Å². The average molecular weight is 396 g/mol. The predicted octanol–water partition coefficient (Wildman–Crippen LogP) is 4.02. The molecule has 1 heterocycles. The fourth-order valence-corrected chi connectivity index (χ4v) is 3.76. The topological polar surface area (TPSA) is 101 Å². The van der Waals surface area contributed by atoms with Gasteiger partial charge in [0.25, 0.3) is 10.0 Å². The summed E-state index contributed by atoms with van der Waals surface area (Å²) in [6.07, 6.45) is 0. The first-order chi connectivity index (χ1) is 13.4. The molecular formula is C20H16N2O5S. The van der Waals surface area contributed by atoms with Crippen LogP contribution in [0.25, 0.3) is 11.1 Å². The van der Waals surface area contributed by atoms with Gasteiger partial charge in [0.2, 0.25) is 0 Å². The molecule has 0 radical (unpaired) electrons. The molecule has 0 saturated carbocycles. The minimum absolute atomic E-state index is 0.0344. The molecule has 0 spiro atoms. The SMILES string of the molecule is Cc1ccc(Oc2ccccc2NS(=O)(=O)c2ccc3[nH]c(=O)oc3c2)cc1. The number of aryl methyl sites for hydroxylation is 1. The van der Waals surface area contributed by atoms with Crippen LogP contribution in [0.2, 0.25) is 0 Å². The maximum absolute atomic E-state index is 12.8. The number of ether oxygens (including phenoxy) is 1. The van der Waals surface area contributed by atoms with Crippen LogP contribution in [-0.2, 0) is 10.0 Å². The van der Waals surface area contributed by atoms with E-state index < -0.39 is 15.8 Å². The van der Waals surface area contributed by atoms with Gasteiger partial charge >= 0.3 is 5.76 Å². The number of anilines is 1. The van der Waals surface area contributed by atoms with Crippen LogP contribution in [0.3, 0.4) is 0 Å². The fraction of sp³-hybridized carbons (Fsp3) is 0.0500. The smallest absolute Gasteiger partial charge is 0.417 e. The molecule has 0 saturated heterocycles. The number of nitrogens with one attached hydrogen (secondary N) is 2. The Morgan fingerprint density at radius 1 is 1.00 bits per heavy atom. The van der Waals surface area contributed by atoms with Crippen LogP contribution in [0.15, 0.2) is 80.8 Å². The molecule has 1 aromatic heterocycles. The lowest BCUT2D eigenvalue weighted by molar-refractivity contribution is 0.484. The molecule has 0 fully saturated rings. The fourth-order valence-electron chi connectivity index (χ4n) is 2.67. The molecule has 2 N–H and O–H groups in total. The van der Waals surface area contributed by atoms with E-state index in [1.807, 2.05) is 31.2 Å². The average Bonchev–Trinajstić information content (AvgIpc) is 3.04. The molecular weight excluding hydrogens is 380 g/mol. The maximum atomic E-state index is 12.8. The van der Waals surface area contributed by atoms with Gasteiger partial charge in [-0.1, -0.05) is 29.8 Å². The molecule has 0 aliphatic carbocycles. The van der Waals surface area contributed by atoms with Gasteiger partial charge in [0.15, 0.2) is 11.3 Å². The molecule has 4 aromatic rings. The van der Waals surface area contributed by atoms with Gasteiger partial charge in [-0.2, -0.15) is 0 Å². The minimum atomic E-state index is -3.92. The Kier molecular flexibility index (Phi) is 4.40. The Hall–Kier alpha value is -3.52. The van der Waals surface area contributed by atoms with Gasteiger partial charge in [-0.15, -0.1) is 0 Å². The van der Waals surface area contributed by atoms with E-state index in [0.29, 0.717) is 22.7 Å². The van der Waals surface area contributed by atoms with Crippen molar-refractivity contribution in [2.45, 2.75) is 11.8 Å². The van der Waals surface area contributed by atoms with Crippen molar-refractivity contribution in [3.05, 3.63) is 82.8 Å². The lowest BCUT2D eigenvalue weighted by Gasteiger charge is -2.13. The van der Waals surface area contributed by atoms with Crippen molar-refractivity contribution in [2.24, 2.45) is 0 Å². The van der Waals surface area contributed by atoms with Crippen LogP contribution in [0, 0.1) is 6.92 Å². The summed E-state index contributed by atoms with van der Waals surface area (Å²) in [5, 5.41) is 0. The molecule has 8 heteroatoms. The van der Waals surface area contributed by atoms with Crippen molar-refractivity contribution in [1.29, 1.82) is 0 Å². The standard InChI is InChI=1S/C20H16N2O5S/c1-13-6-8-14(9-7-13)26-18-5-3-2-4-17(18)22-28(24,25)15-10-11-16-19(12-15)27-20(23)21-16/h2-12,22H,1H3,(H,21,23). The predicted molar refractivity (Wildman–Crippen MR) is 105 cm³/mol. The molecule has 0 unspecified atom stereocenters. The third-order valence-corrected chi connectivity index (χ3v) is 5.45. The Bertz CT molecular complexity index is 1300. The van der Waals surface area contributed by atoms with Gasteiger partial charge in [-0.25, -0.2) is 13.2 Å². The van der Waals surface area contributed by atoms with Crippen LogP contribution in [0.5, 0.6) is 11.5 Å². The number of benzene rings is 3. The zero-order valence-corrected chi connectivity index (χ0v) is 15.6. The van der Waals surface area contributed by atoms with Gasteiger partial charge in [-0.05, 0) is 43.3 Å². The second kappa shape index (κ2) is 6.90. The highest BCUT2D eigenvalue weighted by molar-refractivity contribution is 7.92. The van der Waals surface area contributed by atoms with Gasteiger partial charge in [-0.3, -0.25) is 9.71 Å². The molecule has 0 bridgehead atoms. The number of rotatable bonds is 5. The van der Waals surface area contributed by atoms with E-state index in [1.54, 1.807) is 24.3 Å². The molecule has 7 nitrogen and oxygen atoms in total. The van der Waals surface area contributed by atoms with E-state index in [0.717, 1.165) is 5.56 Å². The highest BCUT2D eigenvalue weighted by atomic mass is 32.2. The molecule has 0 aliphatic rings. The molecule has 28 heavy (non-hydrogen) atoms. The number of aromatic nitrogens is 1. The lowest BCUT2D eigenvalue weighted by atomic mass is 10.2. The summed E-state index contributed by atoms with van der Waals surface area (Å²) in [5.41, 5.74) is 1.97. The van der Waals surface area contributed by atoms with Crippen LogP contribution < -0.4 is 15.2 Å². The zero-order valence-electron chi connectivity index (χ0n) is 14.8. The quantitative estimate of drug-likeness (QED) is 0.530. The zero-order chi connectivity index (χ0) is 19.7. The molecule has 0 aliphatic heterocycles. The number of sulfonamides is 1. The molecule has 4 rings (SSSR count). The van der Waals surface area contributed by atoms with Crippen molar-refractivity contribution < 1.29 is 17.6 Å². The summed E-state index contributed by atoms with van der Waals surface area (Å²) >= 11 is 0. The maximum Gasteiger partial charge on any atom is 0.417 e. The van der Waals surface area contributed by atoms with Crippen molar-refractivity contribution in [3.8, 4) is 11.5 Å². The number of aromatic amines is 1. The number of H-pyrrole nitrogens is 1. The summed E-state index contributed by atoms with van der Waals surface area (Å²) < 4.78 is 38.9. The minimum Gasteiger partial charge on any atom is -0.455 e. The van der Waals surface area contributed by atoms with Crippen molar-refractivity contribution in [1.82, 2.24) is 4.98 Å². The molecule has 3 aromatic carbocycles. The Morgan fingerprint density at radius 3 is 2.54 bits per heavy atom. The number of hydrogen-bond donors (Lipinski definition) is 2. The summed E-state index contributed by atoms with van der Waals surface area (Å²) in [4.78, 5) is 13.7.